The molecule has 5 nitrogen and oxygen atoms in total. The van der Waals surface area contributed by atoms with Crippen molar-refractivity contribution >= 4 is 23.5 Å². The van der Waals surface area contributed by atoms with Gasteiger partial charge in [0.15, 0.2) is 11.5 Å². The molecule has 0 bridgehead atoms. The van der Waals surface area contributed by atoms with Crippen molar-refractivity contribution in [3.8, 4) is 5.75 Å². The zero-order chi connectivity index (χ0) is 15.5. The van der Waals surface area contributed by atoms with Gasteiger partial charge in [0.05, 0.1) is 11.8 Å². The Bertz CT molecular complexity index is 822. The fourth-order valence-corrected chi connectivity index (χ4v) is 2.29. The SMILES string of the molecule is NC(=O)c1ccccc1C(=O)C1=CC=NOc2ccccc21. The van der Waals surface area contributed by atoms with E-state index in [1.54, 1.807) is 48.5 Å². The largest absolute Gasteiger partial charge is 0.366 e. The number of oxime groups is 1. The van der Waals surface area contributed by atoms with Crippen LogP contribution in [-0.4, -0.2) is 17.9 Å². The fraction of sp³-hybridized carbons (Fsp3) is 0. The van der Waals surface area contributed by atoms with Gasteiger partial charge in [-0.2, -0.15) is 0 Å². The number of hydrogen-bond donors (Lipinski definition) is 1. The number of primary amides is 1. The molecule has 0 radical (unpaired) electrons. The number of hydrogen-bond acceptors (Lipinski definition) is 4. The average Bonchev–Trinajstić information content (AvgIpc) is 2.76. The lowest BCUT2D eigenvalue weighted by atomic mass is 9.93. The predicted molar refractivity (Wildman–Crippen MR) is 82.8 cm³/mol. The van der Waals surface area contributed by atoms with Crippen LogP contribution in [0.1, 0.15) is 26.3 Å². The second-order valence-electron chi connectivity index (χ2n) is 4.66. The highest BCUT2D eigenvalue weighted by Gasteiger charge is 2.22. The monoisotopic (exact) mass is 292 g/mol. The topological polar surface area (TPSA) is 81.8 Å². The van der Waals surface area contributed by atoms with Crippen LogP contribution in [0.4, 0.5) is 0 Å². The van der Waals surface area contributed by atoms with E-state index in [9.17, 15) is 9.59 Å². The number of nitrogens with zero attached hydrogens (tertiary/aromatic N) is 1. The quantitative estimate of drug-likeness (QED) is 0.882. The van der Waals surface area contributed by atoms with Crippen LogP contribution in [-0.2, 0) is 0 Å². The maximum absolute atomic E-state index is 12.8. The Balaban J connectivity index is 2.13. The van der Waals surface area contributed by atoms with Crippen molar-refractivity contribution < 1.29 is 14.4 Å². The van der Waals surface area contributed by atoms with Crippen LogP contribution in [0.3, 0.4) is 0 Å². The number of benzene rings is 2. The van der Waals surface area contributed by atoms with E-state index in [-0.39, 0.29) is 16.9 Å². The minimum atomic E-state index is -0.642. The minimum absolute atomic E-state index is 0.188. The van der Waals surface area contributed by atoms with Gasteiger partial charge in [0, 0.05) is 16.7 Å². The summed E-state index contributed by atoms with van der Waals surface area (Å²) in [6.07, 6.45) is 2.96. The normalized spacial score (nSPS) is 12.6. The standard InChI is InChI=1S/C17H12N2O3/c18-17(21)14-7-2-1-6-12(14)16(20)13-9-10-19-22-15-8-4-3-5-11(13)15/h1-10H,(H2,18,21). The van der Waals surface area contributed by atoms with E-state index < -0.39 is 5.91 Å². The van der Waals surface area contributed by atoms with E-state index >= 15 is 0 Å². The van der Waals surface area contributed by atoms with Gasteiger partial charge in [-0.25, -0.2) is 0 Å². The van der Waals surface area contributed by atoms with Crippen molar-refractivity contribution in [2.75, 3.05) is 0 Å². The van der Waals surface area contributed by atoms with Gasteiger partial charge in [0.2, 0.25) is 5.91 Å². The molecule has 5 heteroatoms. The van der Waals surface area contributed by atoms with Crippen molar-refractivity contribution in [3.05, 3.63) is 71.3 Å². The Kier molecular flexibility index (Phi) is 3.53. The summed E-state index contributed by atoms with van der Waals surface area (Å²) >= 11 is 0. The van der Waals surface area contributed by atoms with Crippen LogP contribution in [0.15, 0.2) is 59.8 Å². The van der Waals surface area contributed by atoms with E-state index in [1.165, 1.54) is 12.3 Å². The van der Waals surface area contributed by atoms with Crippen molar-refractivity contribution in [2.24, 2.45) is 10.9 Å². The van der Waals surface area contributed by atoms with Crippen LogP contribution in [0, 0.1) is 0 Å². The molecule has 0 unspecified atom stereocenters. The van der Waals surface area contributed by atoms with Gasteiger partial charge in [-0.3, -0.25) is 9.59 Å². The Morgan fingerprint density at radius 2 is 1.64 bits per heavy atom. The molecule has 0 atom stereocenters. The molecule has 2 aromatic rings. The van der Waals surface area contributed by atoms with Crippen LogP contribution in [0.2, 0.25) is 0 Å². The molecule has 1 aliphatic rings. The average molecular weight is 292 g/mol. The number of nitrogens with two attached hydrogens (primary N) is 1. The Hall–Kier alpha value is -3.21. The summed E-state index contributed by atoms with van der Waals surface area (Å²) in [5.41, 5.74) is 6.80. The van der Waals surface area contributed by atoms with Crippen LogP contribution in [0.5, 0.6) is 5.75 Å². The van der Waals surface area contributed by atoms with E-state index in [2.05, 4.69) is 5.16 Å². The van der Waals surface area contributed by atoms with Gasteiger partial charge in [-0.15, -0.1) is 0 Å². The molecular weight excluding hydrogens is 280 g/mol. The summed E-state index contributed by atoms with van der Waals surface area (Å²) in [7, 11) is 0. The van der Waals surface area contributed by atoms with Crippen LogP contribution >= 0.6 is 0 Å². The second kappa shape index (κ2) is 5.65. The lowest BCUT2D eigenvalue weighted by Gasteiger charge is -2.10. The first-order valence-electron chi connectivity index (χ1n) is 6.62. The Labute approximate surface area is 126 Å². The second-order valence-corrected chi connectivity index (χ2v) is 4.66. The zero-order valence-corrected chi connectivity index (χ0v) is 11.5. The third kappa shape index (κ3) is 2.40. The number of amides is 1. The molecule has 0 aromatic heterocycles. The molecule has 0 fully saturated rings. The number of Topliss-reactive ketones (excluding diaryl/α,β-unsaturated/α-hetero) is 1. The molecule has 0 saturated carbocycles. The summed E-state index contributed by atoms with van der Waals surface area (Å²) in [5.74, 6) is -0.470. The fourth-order valence-electron chi connectivity index (χ4n) is 2.29. The summed E-state index contributed by atoms with van der Waals surface area (Å²) in [6, 6.07) is 13.5. The molecule has 22 heavy (non-hydrogen) atoms. The minimum Gasteiger partial charge on any atom is -0.366 e. The highest BCUT2D eigenvalue weighted by molar-refractivity contribution is 6.33. The number of allylic oxidation sites excluding steroid dienone is 2. The molecule has 3 rings (SSSR count). The number of carbonyl (C=O) groups excluding carboxylic acids is 2. The third-order valence-electron chi connectivity index (χ3n) is 3.31. The molecule has 0 saturated heterocycles. The molecule has 2 aromatic carbocycles. The maximum atomic E-state index is 12.8. The number of carbonyl (C=O) groups is 2. The molecule has 1 aliphatic heterocycles. The number of para-hydroxylation sites is 1. The van der Waals surface area contributed by atoms with E-state index in [0.29, 0.717) is 16.9 Å². The van der Waals surface area contributed by atoms with Crippen molar-refractivity contribution in [2.45, 2.75) is 0 Å². The number of ketones is 1. The lowest BCUT2D eigenvalue weighted by molar-refractivity contribution is 0.0985. The summed E-state index contributed by atoms with van der Waals surface area (Å²) in [6.45, 7) is 0. The van der Waals surface area contributed by atoms with Gasteiger partial charge in [-0.05, 0) is 18.2 Å². The zero-order valence-electron chi connectivity index (χ0n) is 11.5. The van der Waals surface area contributed by atoms with Crippen molar-refractivity contribution in [1.82, 2.24) is 0 Å². The first kappa shape index (κ1) is 13.8. The van der Waals surface area contributed by atoms with E-state index in [4.69, 9.17) is 10.6 Å². The van der Waals surface area contributed by atoms with Crippen molar-refractivity contribution in [3.63, 3.8) is 0 Å². The van der Waals surface area contributed by atoms with Gasteiger partial charge in [0.1, 0.15) is 0 Å². The molecule has 108 valence electrons. The molecule has 1 amide bonds. The number of fused-ring (bicyclic) bond motifs is 1. The number of rotatable bonds is 3. The molecular formula is C17H12N2O3. The van der Waals surface area contributed by atoms with Crippen LogP contribution in [0.25, 0.3) is 5.57 Å². The smallest absolute Gasteiger partial charge is 0.249 e. The van der Waals surface area contributed by atoms with Crippen LogP contribution < -0.4 is 10.6 Å². The van der Waals surface area contributed by atoms with Gasteiger partial charge in [0.25, 0.3) is 0 Å². The summed E-state index contributed by atoms with van der Waals surface area (Å²) in [4.78, 5) is 29.6. The lowest BCUT2D eigenvalue weighted by Crippen LogP contribution is -2.17. The maximum Gasteiger partial charge on any atom is 0.249 e. The molecule has 2 N–H and O–H groups in total. The summed E-state index contributed by atoms with van der Waals surface area (Å²) in [5, 5.41) is 3.75. The van der Waals surface area contributed by atoms with Gasteiger partial charge in [-0.1, -0.05) is 41.6 Å². The first-order chi connectivity index (χ1) is 10.7. The van der Waals surface area contributed by atoms with Crippen molar-refractivity contribution in [1.29, 1.82) is 0 Å². The van der Waals surface area contributed by atoms with E-state index in [1.807, 2.05) is 0 Å². The molecule has 0 spiro atoms. The first-order valence-corrected chi connectivity index (χ1v) is 6.62. The van der Waals surface area contributed by atoms with E-state index in [0.717, 1.165) is 0 Å². The molecule has 0 aliphatic carbocycles. The Morgan fingerprint density at radius 1 is 0.955 bits per heavy atom. The van der Waals surface area contributed by atoms with Gasteiger partial charge < -0.3 is 10.6 Å². The highest BCUT2D eigenvalue weighted by atomic mass is 16.6. The van der Waals surface area contributed by atoms with Gasteiger partial charge >= 0.3 is 0 Å². The highest BCUT2D eigenvalue weighted by Crippen LogP contribution is 2.30. The Morgan fingerprint density at radius 3 is 2.41 bits per heavy atom. The predicted octanol–water partition coefficient (Wildman–Crippen LogP) is 2.43. The third-order valence-corrected chi connectivity index (χ3v) is 3.31. The molecule has 1 heterocycles. The summed E-state index contributed by atoms with van der Waals surface area (Å²) < 4.78 is 0.